The molecule has 0 bridgehead atoms. The van der Waals surface area contributed by atoms with Gasteiger partial charge in [0, 0.05) is 24.6 Å². The Morgan fingerprint density at radius 1 is 1.13 bits per heavy atom. The van der Waals surface area contributed by atoms with Gasteiger partial charge in [0.05, 0.1) is 24.9 Å². The molecule has 1 aliphatic carbocycles. The maximum Gasteiger partial charge on any atom is 0.342 e. The molecule has 3 rings (SSSR count). The minimum atomic E-state index is -4.22. The van der Waals surface area contributed by atoms with E-state index in [0.717, 1.165) is 16.8 Å². The topological polar surface area (TPSA) is 208 Å². The van der Waals surface area contributed by atoms with E-state index in [1.807, 2.05) is 0 Å². The third-order valence-corrected chi connectivity index (χ3v) is 8.30. The van der Waals surface area contributed by atoms with Crippen LogP contribution in [-0.4, -0.2) is 80.4 Å². The van der Waals surface area contributed by atoms with Gasteiger partial charge in [-0.2, -0.15) is 0 Å². The second-order valence-electron chi connectivity index (χ2n) is 10.3. The fraction of sp³-hybridized carbons (Fsp3) is 0.739. The van der Waals surface area contributed by atoms with Crippen LogP contribution in [0.5, 0.6) is 0 Å². The first-order valence-corrected chi connectivity index (χ1v) is 14.3. The van der Waals surface area contributed by atoms with E-state index in [1.165, 1.54) is 13.8 Å². The Balaban J connectivity index is 1.85. The van der Waals surface area contributed by atoms with Crippen LogP contribution in [0.4, 0.5) is 0 Å². The van der Waals surface area contributed by atoms with Crippen molar-refractivity contribution in [2.24, 2.45) is 5.92 Å². The van der Waals surface area contributed by atoms with Crippen LogP contribution in [0.3, 0.4) is 0 Å². The van der Waals surface area contributed by atoms with E-state index in [9.17, 15) is 34.0 Å². The zero-order chi connectivity index (χ0) is 29.3. The van der Waals surface area contributed by atoms with Crippen molar-refractivity contribution < 1.29 is 43.1 Å². The molecule has 2 heterocycles. The van der Waals surface area contributed by atoms with Gasteiger partial charge in [-0.15, -0.1) is 0 Å². The first-order valence-electron chi connectivity index (χ1n) is 12.7. The molecule has 39 heavy (non-hydrogen) atoms. The van der Waals surface area contributed by atoms with Crippen molar-refractivity contribution in [1.82, 2.24) is 19.7 Å². The van der Waals surface area contributed by atoms with Gasteiger partial charge in [-0.25, -0.2) is 15.0 Å². The molecule has 7 atom stereocenters. The van der Waals surface area contributed by atoms with Crippen LogP contribution in [0.25, 0.3) is 0 Å². The van der Waals surface area contributed by atoms with E-state index in [0.29, 0.717) is 0 Å². The maximum absolute atomic E-state index is 14.0. The predicted molar refractivity (Wildman–Crippen MR) is 136 cm³/mol. The minimum Gasteiger partial charge on any atom is -0.462 e. The first-order chi connectivity index (χ1) is 18.1. The average Bonchev–Trinajstić information content (AvgIpc) is 3.39. The second-order valence-corrected chi connectivity index (χ2v) is 12.1. The molecular weight excluding hydrogens is 539 g/mol. The number of aliphatic hydroxyl groups is 2. The summed E-state index contributed by atoms with van der Waals surface area (Å²) >= 11 is 0. The Bertz CT molecular complexity index is 1180. The highest BCUT2D eigenvalue weighted by Crippen LogP contribution is 2.61. The van der Waals surface area contributed by atoms with Gasteiger partial charge in [0.15, 0.2) is 6.23 Å². The fourth-order valence-corrected chi connectivity index (χ4v) is 6.45. The van der Waals surface area contributed by atoms with E-state index in [1.54, 1.807) is 27.7 Å². The molecule has 1 spiro atoms. The van der Waals surface area contributed by atoms with Crippen molar-refractivity contribution in [3.8, 4) is 0 Å². The van der Waals surface area contributed by atoms with E-state index in [-0.39, 0.29) is 6.42 Å². The molecule has 15 nitrogen and oxygen atoms in total. The third kappa shape index (κ3) is 7.04. The van der Waals surface area contributed by atoms with Crippen LogP contribution in [0.15, 0.2) is 21.9 Å². The van der Waals surface area contributed by atoms with Gasteiger partial charge in [-0.3, -0.25) is 33.0 Å². The highest BCUT2D eigenvalue weighted by atomic mass is 31.2. The van der Waals surface area contributed by atoms with Gasteiger partial charge in [0.2, 0.25) is 0 Å². The molecule has 1 aliphatic heterocycles. The van der Waals surface area contributed by atoms with Crippen LogP contribution in [-0.2, 0) is 32.9 Å². The fourth-order valence-electron chi connectivity index (χ4n) is 4.41. The number of carbonyl (C=O) groups is 2. The van der Waals surface area contributed by atoms with Crippen LogP contribution >= 0.6 is 7.67 Å². The summed E-state index contributed by atoms with van der Waals surface area (Å²) in [5, 5.41) is 26.1. The molecule has 1 aromatic rings. The summed E-state index contributed by atoms with van der Waals surface area (Å²) in [5.74, 6) is -2.37. The molecule has 0 aromatic carbocycles. The van der Waals surface area contributed by atoms with E-state index in [4.69, 9.17) is 18.7 Å². The number of aliphatic hydroxyl groups excluding tert-OH is 2. The molecule has 0 amide bonds. The highest BCUT2D eigenvalue weighted by Gasteiger charge is 2.71. The number of aromatic nitrogens is 2. The monoisotopic (exact) mass is 576 g/mol. The van der Waals surface area contributed by atoms with Crippen LogP contribution in [0.2, 0.25) is 0 Å². The number of aromatic amines is 1. The molecule has 220 valence electrons. The molecule has 0 radical (unpaired) electrons. The maximum atomic E-state index is 14.0. The van der Waals surface area contributed by atoms with Gasteiger partial charge in [0.25, 0.3) is 5.56 Å². The molecular formula is C23H37N4O11P. The molecule has 5 N–H and O–H groups in total. The largest absolute Gasteiger partial charge is 0.462 e. The summed E-state index contributed by atoms with van der Waals surface area (Å²) in [6.45, 7) is 8.87. The quantitative estimate of drug-likeness (QED) is 0.158. The van der Waals surface area contributed by atoms with Crippen molar-refractivity contribution in [1.29, 1.82) is 0 Å². The second kappa shape index (κ2) is 12.0. The standard InChI is InChI=1S/C23H37N4O11P/c1-11(2)35-20(31)13(5)25-39(34,26-14(6)21(32)36-12(3)4)38-16-9-23(16)15(10-28)18(30)19(37-23)27-8-7-17(29)24-22(27)33/h7-8,11-16,18-19,28,30H,9-10H2,1-6H3,(H,24,29,33)(H2,25,26,34)/t13?,14?,15-,16+,18+,19?,23+,39?/m0/s1. The van der Waals surface area contributed by atoms with Crippen LogP contribution < -0.4 is 21.4 Å². The Hall–Kier alpha value is -2.39. The number of rotatable bonds is 12. The molecule has 1 saturated heterocycles. The SMILES string of the molecule is CC(C)OC(=O)C(C)NP(=O)(NC(C)C(=O)OC(C)C)O[C@@H]1C[C@]12OC(n1ccc(=O)[nH]c1=O)[C@H](O)[C@@H]2CO. The zero-order valence-electron chi connectivity index (χ0n) is 22.7. The van der Waals surface area contributed by atoms with Crippen molar-refractivity contribution in [2.75, 3.05) is 6.61 Å². The van der Waals surface area contributed by atoms with Crippen molar-refractivity contribution >= 4 is 19.6 Å². The molecule has 2 aliphatic rings. The summed E-state index contributed by atoms with van der Waals surface area (Å²) in [6.07, 6.45) is -3.30. The number of hydrogen-bond donors (Lipinski definition) is 5. The number of hydrogen-bond acceptors (Lipinski definition) is 11. The lowest BCUT2D eigenvalue weighted by Crippen LogP contribution is -2.43. The van der Waals surface area contributed by atoms with E-state index in [2.05, 4.69) is 15.2 Å². The van der Waals surface area contributed by atoms with Gasteiger partial charge in [-0.1, -0.05) is 0 Å². The minimum absolute atomic E-state index is 0.0624. The van der Waals surface area contributed by atoms with Crippen LogP contribution in [0.1, 0.15) is 54.2 Å². The molecule has 2 fully saturated rings. The lowest BCUT2D eigenvalue weighted by atomic mass is 9.97. The number of nitrogens with one attached hydrogen (secondary N) is 3. The third-order valence-electron chi connectivity index (χ3n) is 6.30. The smallest absolute Gasteiger partial charge is 0.342 e. The summed E-state index contributed by atoms with van der Waals surface area (Å²) in [5.41, 5.74) is -2.82. The molecule has 1 aromatic heterocycles. The summed E-state index contributed by atoms with van der Waals surface area (Å²) in [4.78, 5) is 50.7. The molecule has 16 heteroatoms. The number of esters is 2. The van der Waals surface area contributed by atoms with Crippen molar-refractivity contribution in [2.45, 2.75) is 96.3 Å². The van der Waals surface area contributed by atoms with Gasteiger partial charge in [0.1, 0.15) is 23.8 Å². The number of carbonyl (C=O) groups excluding carboxylic acids is 2. The van der Waals surface area contributed by atoms with E-state index < -0.39 is 91.7 Å². The lowest BCUT2D eigenvalue weighted by molar-refractivity contribution is -0.149. The van der Waals surface area contributed by atoms with Crippen molar-refractivity contribution in [3.05, 3.63) is 33.1 Å². The molecule has 1 saturated carbocycles. The first kappa shape index (κ1) is 31.1. The Kier molecular flexibility index (Phi) is 9.59. The Morgan fingerprint density at radius 3 is 2.13 bits per heavy atom. The Morgan fingerprint density at radius 2 is 1.67 bits per heavy atom. The Labute approximate surface area is 224 Å². The summed E-state index contributed by atoms with van der Waals surface area (Å²) in [7, 11) is -4.22. The number of nitrogens with zero attached hydrogens (tertiary/aromatic N) is 1. The van der Waals surface area contributed by atoms with Gasteiger partial charge >= 0.3 is 25.3 Å². The lowest BCUT2D eigenvalue weighted by Gasteiger charge is -2.27. The summed E-state index contributed by atoms with van der Waals surface area (Å²) in [6, 6.07) is -1.16. The molecule has 3 unspecified atom stereocenters. The van der Waals surface area contributed by atoms with Gasteiger partial charge < -0.3 is 24.4 Å². The number of ether oxygens (including phenoxy) is 3. The number of H-pyrrole nitrogens is 1. The normalized spacial score (nSPS) is 29.3. The predicted octanol–water partition coefficient (Wildman–Crippen LogP) is -0.470. The zero-order valence-corrected chi connectivity index (χ0v) is 23.5. The summed E-state index contributed by atoms with van der Waals surface area (Å²) < 4.78 is 37.2. The van der Waals surface area contributed by atoms with Crippen molar-refractivity contribution in [3.63, 3.8) is 0 Å². The van der Waals surface area contributed by atoms with Crippen LogP contribution in [0, 0.1) is 5.92 Å². The van der Waals surface area contributed by atoms with Gasteiger partial charge in [-0.05, 0) is 41.5 Å². The average molecular weight is 577 g/mol. The van der Waals surface area contributed by atoms with E-state index >= 15 is 0 Å². The highest BCUT2D eigenvalue weighted by molar-refractivity contribution is 7.54.